The third kappa shape index (κ3) is 7.40. The second-order valence-corrected chi connectivity index (χ2v) is 7.20. The summed E-state index contributed by atoms with van der Waals surface area (Å²) in [6, 6.07) is 20.6. The molecule has 0 bridgehead atoms. The molecule has 1 heteroatoms. The molecular weight excluding hydrogens is 304 g/mol. The van der Waals surface area contributed by atoms with Crippen LogP contribution in [0.1, 0.15) is 57.1 Å². The normalized spacial score (nSPS) is 12.7. The molecule has 0 aliphatic rings. The van der Waals surface area contributed by atoms with Gasteiger partial charge in [-0.1, -0.05) is 67.3 Å². The Bertz CT molecular complexity index is 706. The van der Waals surface area contributed by atoms with Crippen LogP contribution in [-0.2, 0) is 11.2 Å². The first-order valence-electron chi connectivity index (χ1n) is 9.15. The third-order valence-electron chi connectivity index (χ3n) is 4.62. The van der Waals surface area contributed by atoms with E-state index in [-0.39, 0.29) is 11.2 Å². The maximum atomic E-state index is 11.7. The molecule has 0 fully saturated rings. The molecule has 0 aliphatic heterocycles. The van der Waals surface area contributed by atoms with E-state index in [9.17, 15) is 4.79 Å². The SMILES string of the molecule is CC(=O)C[C@](C)(CCCC#Cc1ccccc1)CCc1ccccc1. The van der Waals surface area contributed by atoms with Crippen LogP contribution >= 0.6 is 0 Å². The molecule has 0 aromatic heterocycles. The zero-order chi connectivity index (χ0) is 18.0. The van der Waals surface area contributed by atoms with Crippen molar-refractivity contribution in [1.29, 1.82) is 0 Å². The van der Waals surface area contributed by atoms with E-state index < -0.39 is 0 Å². The summed E-state index contributed by atoms with van der Waals surface area (Å²) < 4.78 is 0. The Morgan fingerprint density at radius 1 is 0.960 bits per heavy atom. The first-order valence-corrected chi connectivity index (χ1v) is 9.15. The Labute approximate surface area is 152 Å². The molecule has 0 aliphatic carbocycles. The number of ketones is 1. The predicted molar refractivity (Wildman–Crippen MR) is 105 cm³/mol. The van der Waals surface area contributed by atoms with Crippen LogP contribution in [0.4, 0.5) is 0 Å². The van der Waals surface area contributed by atoms with Crippen molar-refractivity contribution in [2.75, 3.05) is 0 Å². The molecule has 0 spiro atoms. The molecule has 0 amide bonds. The van der Waals surface area contributed by atoms with Crippen molar-refractivity contribution < 1.29 is 4.79 Å². The van der Waals surface area contributed by atoms with E-state index in [1.807, 2.05) is 36.4 Å². The molecule has 1 atom stereocenters. The zero-order valence-corrected chi connectivity index (χ0v) is 15.4. The Hall–Kier alpha value is -2.33. The highest BCUT2D eigenvalue weighted by Gasteiger charge is 2.25. The average Bonchev–Trinajstić information content (AvgIpc) is 2.61. The third-order valence-corrected chi connectivity index (χ3v) is 4.62. The highest BCUT2D eigenvalue weighted by atomic mass is 16.1. The van der Waals surface area contributed by atoms with Crippen molar-refractivity contribution in [2.24, 2.45) is 5.41 Å². The van der Waals surface area contributed by atoms with Crippen LogP contribution in [0.5, 0.6) is 0 Å². The van der Waals surface area contributed by atoms with Gasteiger partial charge in [0.15, 0.2) is 0 Å². The molecule has 2 aromatic rings. The summed E-state index contributed by atoms with van der Waals surface area (Å²) in [5, 5.41) is 0. The van der Waals surface area contributed by atoms with E-state index in [2.05, 4.69) is 43.0 Å². The van der Waals surface area contributed by atoms with Crippen LogP contribution in [-0.4, -0.2) is 5.78 Å². The molecular formula is C24H28O. The second-order valence-electron chi connectivity index (χ2n) is 7.20. The smallest absolute Gasteiger partial charge is 0.130 e. The van der Waals surface area contributed by atoms with Gasteiger partial charge in [-0.15, -0.1) is 0 Å². The number of Topliss-reactive ketones (excluding diaryl/α,β-unsaturated/α-hetero) is 1. The summed E-state index contributed by atoms with van der Waals surface area (Å²) in [6.45, 7) is 3.96. The molecule has 2 rings (SSSR count). The summed E-state index contributed by atoms with van der Waals surface area (Å²) in [5.74, 6) is 6.76. The van der Waals surface area contributed by atoms with E-state index >= 15 is 0 Å². The number of carbonyl (C=O) groups is 1. The molecule has 0 saturated heterocycles. The van der Waals surface area contributed by atoms with Crippen molar-refractivity contribution >= 4 is 5.78 Å². The number of carbonyl (C=O) groups excluding carboxylic acids is 1. The maximum Gasteiger partial charge on any atom is 0.130 e. The van der Waals surface area contributed by atoms with Gasteiger partial charge in [0, 0.05) is 18.4 Å². The number of rotatable bonds is 8. The number of hydrogen-bond donors (Lipinski definition) is 0. The fourth-order valence-electron chi connectivity index (χ4n) is 3.28. The van der Waals surface area contributed by atoms with E-state index in [4.69, 9.17) is 0 Å². The second kappa shape index (κ2) is 9.84. The number of hydrogen-bond acceptors (Lipinski definition) is 1. The maximum absolute atomic E-state index is 11.7. The highest BCUT2D eigenvalue weighted by molar-refractivity contribution is 5.76. The van der Waals surface area contributed by atoms with Crippen LogP contribution in [0.15, 0.2) is 60.7 Å². The molecule has 25 heavy (non-hydrogen) atoms. The monoisotopic (exact) mass is 332 g/mol. The Morgan fingerprint density at radius 3 is 2.24 bits per heavy atom. The topological polar surface area (TPSA) is 17.1 Å². The van der Waals surface area contributed by atoms with Crippen molar-refractivity contribution in [2.45, 2.75) is 52.4 Å². The summed E-state index contributed by atoms with van der Waals surface area (Å²) in [4.78, 5) is 11.7. The first kappa shape index (κ1) is 19.0. The van der Waals surface area contributed by atoms with Crippen LogP contribution in [0, 0.1) is 17.3 Å². The quantitative estimate of drug-likeness (QED) is 0.439. The largest absolute Gasteiger partial charge is 0.300 e. The van der Waals surface area contributed by atoms with Gasteiger partial charge in [-0.2, -0.15) is 0 Å². The van der Waals surface area contributed by atoms with Crippen LogP contribution in [0.2, 0.25) is 0 Å². The summed E-state index contributed by atoms with van der Waals surface area (Å²) in [6.07, 6.45) is 5.70. The lowest BCUT2D eigenvalue weighted by molar-refractivity contribution is -0.119. The molecule has 0 N–H and O–H groups in total. The fraction of sp³-hybridized carbons (Fsp3) is 0.375. The Kier molecular flexibility index (Phi) is 7.48. The van der Waals surface area contributed by atoms with Crippen LogP contribution in [0.25, 0.3) is 0 Å². The minimum absolute atomic E-state index is 0.0656. The molecule has 0 saturated carbocycles. The van der Waals surface area contributed by atoms with E-state index in [0.717, 1.165) is 37.7 Å². The molecule has 130 valence electrons. The van der Waals surface area contributed by atoms with Gasteiger partial charge in [-0.05, 0) is 55.7 Å². The molecule has 0 radical (unpaired) electrons. The molecule has 0 heterocycles. The zero-order valence-electron chi connectivity index (χ0n) is 15.4. The van der Waals surface area contributed by atoms with Crippen molar-refractivity contribution in [3.63, 3.8) is 0 Å². The van der Waals surface area contributed by atoms with Gasteiger partial charge in [0.25, 0.3) is 0 Å². The molecule has 2 aromatic carbocycles. The van der Waals surface area contributed by atoms with E-state index in [0.29, 0.717) is 6.42 Å². The number of benzene rings is 2. The lowest BCUT2D eigenvalue weighted by Crippen LogP contribution is -2.21. The molecule has 0 unspecified atom stereocenters. The average molecular weight is 332 g/mol. The van der Waals surface area contributed by atoms with Crippen molar-refractivity contribution in [1.82, 2.24) is 0 Å². The summed E-state index contributed by atoms with van der Waals surface area (Å²) in [5.41, 5.74) is 2.48. The standard InChI is InChI=1S/C24H28O/c1-21(25)20-24(2,19-17-23-15-8-4-9-16-23)18-11-5-10-14-22-12-6-3-7-13-22/h3-4,6-9,12-13,15-16H,5,11,17-20H2,1-2H3/t24-/m1/s1. The minimum Gasteiger partial charge on any atom is -0.300 e. The fourth-order valence-corrected chi connectivity index (χ4v) is 3.28. The van der Waals surface area contributed by atoms with E-state index in [1.54, 1.807) is 6.92 Å². The van der Waals surface area contributed by atoms with Crippen LogP contribution < -0.4 is 0 Å². The minimum atomic E-state index is 0.0656. The summed E-state index contributed by atoms with van der Waals surface area (Å²) >= 11 is 0. The van der Waals surface area contributed by atoms with Crippen LogP contribution in [0.3, 0.4) is 0 Å². The van der Waals surface area contributed by atoms with Gasteiger partial charge in [0.2, 0.25) is 0 Å². The number of unbranched alkanes of at least 4 members (excludes halogenated alkanes) is 1. The Balaban J connectivity index is 1.86. The summed E-state index contributed by atoms with van der Waals surface area (Å²) in [7, 11) is 0. The first-order chi connectivity index (χ1) is 12.1. The van der Waals surface area contributed by atoms with Crippen molar-refractivity contribution in [3.05, 3.63) is 71.8 Å². The highest BCUT2D eigenvalue weighted by Crippen LogP contribution is 2.34. The lowest BCUT2D eigenvalue weighted by atomic mass is 9.76. The van der Waals surface area contributed by atoms with Gasteiger partial charge < -0.3 is 4.79 Å². The Morgan fingerprint density at radius 2 is 1.60 bits per heavy atom. The van der Waals surface area contributed by atoms with Gasteiger partial charge in [0.05, 0.1) is 0 Å². The van der Waals surface area contributed by atoms with E-state index in [1.165, 1.54) is 5.56 Å². The number of aryl methyl sites for hydroxylation is 1. The van der Waals surface area contributed by atoms with Gasteiger partial charge in [-0.25, -0.2) is 0 Å². The van der Waals surface area contributed by atoms with Gasteiger partial charge in [0.1, 0.15) is 5.78 Å². The van der Waals surface area contributed by atoms with Crippen molar-refractivity contribution in [3.8, 4) is 11.8 Å². The molecule has 1 nitrogen and oxygen atoms in total. The van der Waals surface area contributed by atoms with Gasteiger partial charge in [-0.3, -0.25) is 0 Å². The predicted octanol–water partition coefficient (Wildman–Crippen LogP) is 5.83. The lowest BCUT2D eigenvalue weighted by Gasteiger charge is -2.28. The van der Waals surface area contributed by atoms with Gasteiger partial charge >= 0.3 is 0 Å².